The lowest BCUT2D eigenvalue weighted by atomic mass is 9.92. The molecule has 2 saturated heterocycles. The van der Waals surface area contributed by atoms with Crippen LogP contribution in [0.3, 0.4) is 0 Å². The number of carbonyl (C=O) groups excluding carboxylic acids is 2. The Morgan fingerprint density at radius 1 is 1.03 bits per heavy atom. The first-order valence-corrected chi connectivity index (χ1v) is 12.2. The van der Waals surface area contributed by atoms with Gasteiger partial charge in [0.25, 0.3) is 5.91 Å². The number of aromatic nitrogens is 3. The van der Waals surface area contributed by atoms with Crippen LogP contribution in [0.1, 0.15) is 54.1 Å². The normalized spacial score (nSPS) is 20.8. The minimum Gasteiger partial charge on any atom is -0.339 e. The maximum Gasteiger partial charge on any atom is 0.253 e. The van der Waals surface area contributed by atoms with Crippen molar-refractivity contribution in [2.75, 3.05) is 26.2 Å². The maximum absolute atomic E-state index is 13.1. The second-order valence-corrected chi connectivity index (χ2v) is 9.79. The quantitative estimate of drug-likeness (QED) is 0.598. The predicted molar refractivity (Wildman–Crippen MR) is 132 cm³/mol. The molecule has 2 aliphatic rings. The molecular formula is C27H31N5O2. The minimum absolute atomic E-state index is 0.0534. The van der Waals surface area contributed by atoms with E-state index in [0.717, 1.165) is 50.1 Å². The number of benzene rings is 2. The standard InChI is InChI=1S/C27H31N5O2/c1-18(2)23-6-4-3-5-19(23)8-10-26(33)31-13-11-21-16-32(17-22(21)12-14-31)27(34)20-7-9-24-25(15-20)29-30-28-24/h3-10,15,18,21-22H,11-14,16-17H2,1-2H3,(H,28,29,30)/b10-8+/t21-,22+. The topological polar surface area (TPSA) is 82.2 Å². The number of amides is 2. The maximum atomic E-state index is 13.1. The molecule has 0 aliphatic carbocycles. The molecule has 0 bridgehead atoms. The second kappa shape index (κ2) is 9.41. The van der Waals surface area contributed by atoms with E-state index >= 15 is 0 Å². The zero-order valence-corrected chi connectivity index (χ0v) is 19.8. The van der Waals surface area contributed by atoms with Gasteiger partial charge in [-0.15, -0.1) is 5.10 Å². The Bertz CT molecular complexity index is 1210. The highest BCUT2D eigenvalue weighted by Gasteiger charge is 2.37. The van der Waals surface area contributed by atoms with Crippen molar-refractivity contribution in [2.24, 2.45) is 11.8 Å². The summed E-state index contributed by atoms with van der Waals surface area (Å²) >= 11 is 0. The number of aromatic amines is 1. The molecule has 0 spiro atoms. The fourth-order valence-electron chi connectivity index (χ4n) is 5.35. The molecule has 176 valence electrons. The molecule has 3 heterocycles. The molecule has 1 N–H and O–H groups in total. The van der Waals surface area contributed by atoms with Crippen LogP contribution < -0.4 is 0 Å². The minimum atomic E-state index is 0.0534. The molecule has 7 heteroatoms. The van der Waals surface area contributed by atoms with Crippen LogP contribution in [-0.2, 0) is 4.79 Å². The van der Waals surface area contributed by atoms with Crippen molar-refractivity contribution in [1.82, 2.24) is 25.2 Å². The van der Waals surface area contributed by atoms with Gasteiger partial charge in [0.05, 0.1) is 5.52 Å². The third-order valence-electron chi connectivity index (χ3n) is 7.31. The highest BCUT2D eigenvalue weighted by atomic mass is 16.2. The predicted octanol–water partition coefficient (Wildman–Crippen LogP) is 4.11. The summed E-state index contributed by atoms with van der Waals surface area (Å²) < 4.78 is 0. The Morgan fingerprint density at radius 3 is 2.50 bits per heavy atom. The van der Waals surface area contributed by atoms with Crippen LogP contribution in [0, 0.1) is 11.8 Å². The van der Waals surface area contributed by atoms with Crippen LogP contribution in [0.4, 0.5) is 0 Å². The molecule has 2 atom stereocenters. The van der Waals surface area contributed by atoms with Gasteiger partial charge in [-0.05, 0) is 66.0 Å². The summed E-state index contributed by atoms with van der Waals surface area (Å²) in [7, 11) is 0. The number of fused-ring (bicyclic) bond motifs is 2. The molecule has 0 saturated carbocycles. The van der Waals surface area contributed by atoms with E-state index in [-0.39, 0.29) is 11.8 Å². The zero-order chi connectivity index (χ0) is 23.7. The van der Waals surface area contributed by atoms with Gasteiger partial charge in [0.2, 0.25) is 5.91 Å². The second-order valence-electron chi connectivity index (χ2n) is 9.79. The summed E-state index contributed by atoms with van der Waals surface area (Å²) in [6, 6.07) is 13.7. The van der Waals surface area contributed by atoms with Crippen molar-refractivity contribution in [1.29, 1.82) is 0 Å². The van der Waals surface area contributed by atoms with E-state index in [1.165, 1.54) is 5.56 Å². The molecule has 0 unspecified atom stereocenters. The summed E-state index contributed by atoms with van der Waals surface area (Å²) in [6.07, 6.45) is 5.53. The van der Waals surface area contributed by atoms with Gasteiger partial charge in [0, 0.05) is 37.8 Å². The van der Waals surface area contributed by atoms with E-state index in [9.17, 15) is 9.59 Å². The van der Waals surface area contributed by atoms with Gasteiger partial charge in [-0.25, -0.2) is 0 Å². The SMILES string of the molecule is CC(C)c1ccccc1/C=C/C(=O)N1CC[C@@H]2CN(C(=O)c3ccc4[nH]nnc4c3)C[C@@H]2CC1. The van der Waals surface area contributed by atoms with E-state index in [4.69, 9.17) is 0 Å². The molecule has 5 rings (SSSR count). The van der Waals surface area contributed by atoms with Crippen LogP contribution in [-0.4, -0.2) is 63.2 Å². The van der Waals surface area contributed by atoms with Gasteiger partial charge in [-0.3, -0.25) is 14.7 Å². The van der Waals surface area contributed by atoms with Crippen molar-refractivity contribution in [2.45, 2.75) is 32.6 Å². The van der Waals surface area contributed by atoms with E-state index < -0.39 is 0 Å². The summed E-state index contributed by atoms with van der Waals surface area (Å²) in [4.78, 5) is 30.0. The van der Waals surface area contributed by atoms with Crippen LogP contribution in [0.2, 0.25) is 0 Å². The molecule has 1 aromatic heterocycles. The highest BCUT2D eigenvalue weighted by Crippen LogP contribution is 2.33. The van der Waals surface area contributed by atoms with Crippen LogP contribution >= 0.6 is 0 Å². The lowest BCUT2D eigenvalue weighted by Crippen LogP contribution is -2.33. The first-order chi connectivity index (χ1) is 16.5. The van der Waals surface area contributed by atoms with Crippen LogP contribution in [0.25, 0.3) is 17.1 Å². The van der Waals surface area contributed by atoms with Crippen molar-refractivity contribution in [3.05, 3.63) is 65.2 Å². The number of rotatable bonds is 4. The van der Waals surface area contributed by atoms with Crippen molar-refractivity contribution >= 4 is 28.9 Å². The molecule has 2 aromatic carbocycles. The monoisotopic (exact) mass is 457 g/mol. The fraction of sp³-hybridized carbons (Fsp3) is 0.407. The lowest BCUT2D eigenvalue weighted by molar-refractivity contribution is -0.126. The van der Waals surface area contributed by atoms with E-state index in [0.29, 0.717) is 28.8 Å². The van der Waals surface area contributed by atoms with Gasteiger partial charge >= 0.3 is 0 Å². The summed E-state index contributed by atoms with van der Waals surface area (Å²) in [5, 5.41) is 10.6. The summed E-state index contributed by atoms with van der Waals surface area (Å²) in [6.45, 7) is 7.32. The summed E-state index contributed by atoms with van der Waals surface area (Å²) in [5.41, 5.74) is 4.55. The number of carbonyl (C=O) groups is 2. The third kappa shape index (κ3) is 4.47. The molecular weight excluding hydrogens is 426 g/mol. The van der Waals surface area contributed by atoms with E-state index in [2.05, 4.69) is 41.4 Å². The molecule has 0 radical (unpaired) electrons. The van der Waals surface area contributed by atoms with E-state index in [1.54, 1.807) is 12.1 Å². The highest BCUT2D eigenvalue weighted by molar-refractivity contribution is 5.97. The number of nitrogens with zero attached hydrogens (tertiary/aromatic N) is 4. The van der Waals surface area contributed by atoms with Gasteiger partial charge in [0.1, 0.15) is 5.52 Å². The van der Waals surface area contributed by atoms with Crippen LogP contribution in [0.15, 0.2) is 48.5 Å². The van der Waals surface area contributed by atoms with Crippen molar-refractivity contribution < 1.29 is 9.59 Å². The zero-order valence-electron chi connectivity index (χ0n) is 19.8. The van der Waals surface area contributed by atoms with E-state index in [1.807, 2.05) is 40.1 Å². The van der Waals surface area contributed by atoms with Gasteiger partial charge < -0.3 is 9.80 Å². The Morgan fingerprint density at radius 2 is 1.76 bits per heavy atom. The molecule has 2 aliphatic heterocycles. The Labute approximate surface area is 199 Å². The van der Waals surface area contributed by atoms with Crippen LogP contribution in [0.5, 0.6) is 0 Å². The number of hydrogen-bond acceptors (Lipinski definition) is 4. The Hall–Kier alpha value is -3.48. The summed E-state index contributed by atoms with van der Waals surface area (Å²) in [5.74, 6) is 1.41. The number of likely N-dealkylation sites (tertiary alicyclic amines) is 2. The van der Waals surface area contributed by atoms with Gasteiger partial charge in [0.15, 0.2) is 0 Å². The molecule has 3 aromatic rings. The lowest BCUT2D eigenvalue weighted by Gasteiger charge is -2.21. The van der Waals surface area contributed by atoms with Gasteiger partial charge in [-0.1, -0.05) is 43.3 Å². The van der Waals surface area contributed by atoms with Crippen molar-refractivity contribution in [3.63, 3.8) is 0 Å². The fourth-order valence-corrected chi connectivity index (χ4v) is 5.35. The average molecular weight is 458 g/mol. The average Bonchev–Trinajstić information content (AvgIpc) is 3.44. The largest absolute Gasteiger partial charge is 0.339 e. The Balaban J connectivity index is 1.20. The molecule has 2 fully saturated rings. The first-order valence-electron chi connectivity index (χ1n) is 12.2. The number of hydrogen-bond donors (Lipinski definition) is 1. The molecule has 7 nitrogen and oxygen atoms in total. The van der Waals surface area contributed by atoms with Crippen molar-refractivity contribution in [3.8, 4) is 0 Å². The number of nitrogens with one attached hydrogen (secondary N) is 1. The molecule has 34 heavy (non-hydrogen) atoms. The number of H-pyrrole nitrogens is 1. The third-order valence-corrected chi connectivity index (χ3v) is 7.31. The molecule has 2 amide bonds. The van der Waals surface area contributed by atoms with Gasteiger partial charge in [-0.2, -0.15) is 0 Å². The smallest absolute Gasteiger partial charge is 0.253 e. The first kappa shape index (κ1) is 22.3. The Kier molecular flexibility index (Phi) is 6.18.